The summed E-state index contributed by atoms with van der Waals surface area (Å²) in [6.45, 7) is 1.90. The number of hydrogen-bond donors (Lipinski definition) is 1. The molecule has 5 heteroatoms. The highest BCUT2D eigenvalue weighted by molar-refractivity contribution is 9.10. The summed E-state index contributed by atoms with van der Waals surface area (Å²) < 4.78 is 6.52. The largest absolute Gasteiger partial charge is 0.439 e. The Morgan fingerprint density at radius 3 is 2.71 bits per heavy atom. The molecular weight excluding hydrogens is 304 g/mol. The van der Waals surface area contributed by atoms with Crippen molar-refractivity contribution in [3.63, 3.8) is 0 Å². The normalized spacial score (nSPS) is 10.3. The van der Waals surface area contributed by atoms with E-state index in [-0.39, 0.29) is 0 Å². The molecule has 0 aliphatic carbocycles. The number of hydrogen-bond acceptors (Lipinski definition) is 3. The minimum atomic E-state index is 0.469. The molecule has 0 amide bonds. The fourth-order valence-corrected chi connectivity index (χ4v) is 1.66. The molecule has 0 radical (unpaired) electrons. The molecule has 0 aliphatic rings. The van der Waals surface area contributed by atoms with Crippen LogP contribution in [-0.4, -0.2) is 4.98 Å². The Kier molecular flexibility index (Phi) is 3.54. The second-order valence-electron chi connectivity index (χ2n) is 3.50. The number of benzene rings is 1. The van der Waals surface area contributed by atoms with Crippen molar-refractivity contribution in [3.05, 3.63) is 45.5 Å². The van der Waals surface area contributed by atoms with Crippen molar-refractivity contribution in [2.45, 2.75) is 6.92 Å². The van der Waals surface area contributed by atoms with Gasteiger partial charge in [-0.25, -0.2) is 4.98 Å². The highest BCUT2D eigenvalue weighted by Crippen LogP contribution is 2.28. The topological polar surface area (TPSA) is 48.1 Å². The molecule has 3 nitrogen and oxygen atoms in total. The molecule has 2 aromatic rings. The first-order valence-electron chi connectivity index (χ1n) is 4.92. The lowest BCUT2D eigenvalue weighted by Gasteiger charge is -2.07. The van der Waals surface area contributed by atoms with Crippen LogP contribution in [0.5, 0.6) is 11.6 Å². The summed E-state index contributed by atoms with van der Waals surface area (Å²) in [5.74, 6) is 1.13. The quantitative estimate of drug-likeness (QED) is 0.846. The lowest BCUT2D eigenvalue weighted by molar-refractivity contribution is 0.461. The van der Waals surface area contributed by atoms with Crippen LogP contribution < -0.4 is 10.5 Å². The van der Waals surface area contributed by atoms with Crippen LogP contribution in [0.2, 0.25) is 5.02 Å². The Labute approximate surface area is 113 Å². The van der Waals surface area contributed by atoms with Crippen LogP contribution in [0, 0.1) is 6.92 Å². The van der Waals surface area contributed by atoms with Crippen molar-refractivity contribution >= 4 is 33.2 Å². The summed E-state index contributed by atoms with van der Waals surface area (Å²) >= 11 is 9.28. The van der Waals surface area contributed by atoms with E-state index < -0.39 is 0 Å². The predicted octanol–water partition coefficient (Wildman–Crippen LogP) is 4.18. The molecule has 0 fully saturated rings. The van der Waals surface area contributed by atoms with Crippen molar-refractivity contribution in [2.24, 2.45) is 0 Å². The fourth-order valence-electron chi connectivity index (χ4n) is 1.27. The van der Waals surface area contributed by atoms with Crippen LogP contribution in [-0.2, 0) is 0 Å². The lowest BCUT2D eigenvalue weighted by atomic mass is 10.3. The van der Waals surface area contributed by atoms with E-state index in [2.05, 4.69) is 20.9 Å². The zero-order valence-corrected chi connectivity index (χ0v) is 11.4. The Balaban J connectivity index is 2.25. The van der Waals surface area contributed by atoms with Gasteiger partial charge in [-0.05, 0) is 41.1 Å². The first-order valence-corrected chi connectivity index (χ1v) is 6.09. The van der Waals surface area contributed by atoms with Crippen LogP contribution in [0.1, 0.15) is 5.69 Å². The van der Waals surface area contributed by atoms with Crippen LogP contribution >= 0.6 is 27.5 Å². The highest BCUT2D eigenvalue weighted by atomic mass is 79.9. The van der Waals surface area contributed by atoms with Gasteiger partial charge in [0.1, 0.15) is 5.75 Å². The minimum absolute atomic E-state index is 0.469. The van der Waals surface area contributed by atoms with Gasteiger partial charge in [0, 0.05) is 16.6 Å². The lowest BCUT2D eigenvalue weighted by Crippen LogP contribution is -1.92. The first kappa shape index (κ1) is 12.2. The molecule has 0 bridgehead atoms. The molecular formula is C12H10BrClN2O. The van der Waals surface area contributed by atoms with E-state index in [0.717, 1.165) is 10.2 Å². The van der Waals surface area contributed by atoms with E-state index in [4.69, 9.17) is 22.1 Å². The van der Waals surface area contributed by atoms with Gasteiger partial charge in [-0.1, -0.05) is 11.6 Å². The van der Waals surface area contributed by atoms with Gasteiger partial charge in [-0.15, -0.1) is 0 Å². The Bertz CT molecular complexity index is 511. The third-order valence-corrected chi connectivity index (χ3v) is 3.36. The zero-order chi connectivity index (χ0) is 12.4. The van der Waals surface area contributed by atoms with E-state index in [1.807, 2.05) is 13.0 Å². The standard InChI is InChI=1S/C12H10BrClN2O/c1-7-9(13)3-5-12(16-7)17-8-2-4-11(15)10(14)6-8/h2-6H,15H2,1H3. The van der Waals surface area contributed by atoms with Crippen LogP contribution in [0.25, 0.3) is 0 Å². The van der Waals surface area contributed by atoms with Crippen molar-refractivity contribution in [1.82, 2.24) is 4.98 Å². The SMILES string of the molecule is Cc1nc(Oc2ccc(N)c(Cl)c2)ccc1Br. The molecule has 0 saturated heterocycles. The Morgan fingerprint density at radius 2 is 2.06 bits per heavy atom. The maximum Gasteiger partial charge on any atom is 0.219 e. The summed E-state index contributed by atoms with van der Waals surface area (Å²) in [6.07, 6.45) is 0. The molecule has 2 rings (SSSR count). The van der Waals surface area contributed by atoms with Gasteiger partial charge < -0.3 is 10.5 Å². The van der Waals surface area contributed by atoms with Gasteiger partial charge in [0.2, 0.25) is 5.88 Å². The Morgan fingerprint density at radius 1 is 1.29 bits per heavy atom. The molecule has 0 atom stereocenters. The van der Waals surface area contributed by atoms with Crippen molar-refractivity contribution in [2.75, 3.05) is 5.73 Å². The summed E-state index contributed by atoms with van der Waals surface area (Å²) in [7, 11) is 0. The summed E-state index contributed by atoms with van der Waals surface area (Å²) in [5, 5.41) is 0.469. The molecule has 1 heterocycles. The molecule has 1 aromatic carbocycles. The van der Waals surface area contributed by atoms with Gasteiger partial charge in [0.15, 0.2) is 0 Å². The van der Waals surface area contributed by atoms with E-state index in [0.29, 0.717) is 22.3 Å². The second-order valence-corrected chi connectivity index (χ2v) is 4.76. The molecule has 17 heavy (non-hydrogen) atoms. The number of halogens is 2. The van der Waals surface area contributed by atoms with Crippen LogP contribution in [0.15, 0.2) is 34.8 Å². The van der Waals surface area contributed by atoms with E-state index in [9.17, 15) is 0 Å². The number of nitrogen functional groups attached to an aromatic ring is 1. The third-order valence-electron chi connectivity index (χ3n) is 2.19. The first-order chi connectivity index (χ1) is 8.06. The molecule has 0 unspecified atom stereocenters. The van der Waals surface area contributed by atoms with Gasteiger partial charge in [-0.2, -0.15) is 0 Å². The number of nitrogens with two attached hydrogens (primary N) is 1. The average molecular weight is 314 g/mol. The van der Waals surface area contributed by atoms with Gasteiger partial charge in [-0.3, -0.25) is 0 Å². The fraction of sp³-hybridized carbons (Fsp3) is 0.0833. The molecule has 88 valence electrons. The number of nitrogens with zero attached hydrogens (tertiary/aromatic N) is 1. The average Bonchev–Trinajstić information content (AvgIpc) is 2.29. The van der Waals surface area contributed by atoms with Gasteiger partial charge in [0.25, 0.3) is 0 Å². The van der Waals surface area contributed by atoms with Crippen LogP contribution in [0.3, 0.4) is 0 Å². The van der Waals surface area contributed by atoms with Crippen molar-refractivity contribution in [3.8, 4) is 11.6 Å². The zero-order valence-electron chi connectivity index (χ0n) is 9.08. The molecule has 1 aromatic heterocycles. The second kappa shape index (κ2) is 4.94. The molecule has 0 saturated carbocycles. The monoisotopic (exact) mass is 312 g/mol. The molecule has 0 spiro atoms. The smallest absolute Gasteiger partial charge is 0.219 e. The number of pyridine rings is 1. The predicted molar refractivity (Wildman–Crippen MR) is 72.6 cm³/mol. The number of rotatable bonds is 2. The maximum atomic E-state index is 5.90. The number of ether oxygens (including phenoxy) is 1. The summed E-state index contributed by atoms with van der Waals surface area (Å²) in [4.78, 5) is 4.28. The van der Waals surface area contributed by atoms with Crippen molar-refractivity contribution < 1.29 is 4.74 Å². The Hall–Kier alpha value is -1.26. The number of aromatic nitrogens is 1. The van der Waals surface area contributed by atoms with E-state index >= 15 is 0 Å². The van der Waals surface area contributed by atoms with Crippen molar-refractivity contribution in [1.29, 1.82) is 0 Å². The third kappa shape index (κ3) is 2.90. The van der Waals surface area contributed by atoms with Gasteiger partial charge >= 0.3 is 0 Å². The highest BCUT2D eigenvalue weighted by Gasteiger charge is 2.03. The maximum absolute atomic E-state index is 5.90. The number of aryl methyl sites for hydroxylation is 1. The summed E-state index contributed by atoms with van der Waals surface area (Å²) in [6, 6.07) is 8.78. The molecule has 2 N–H and O–H groups in total. The summed E-state index contributed by atoms with van der Waals surface area (Å²) in [5.41, 5.74) is 7.01. The van der Waals surface area contributed by atoms with Gasteiger partial charge in [0.05, 0.1) is 16.4 Å². The minimum Gasteiger partial charge on any atom is -0.439 e. The number of anilines is 1. The molecule has 0 aliphatic heterocycles. The van der Waals surface area contributed by atoms with Crippen LogP contribution in [0.4, 0.5) is 5.69 Å². The van der Waals surface area contributed by atoms with E-state index in [1.165, 1.54) is 0 Å². The van der Waals surface area contributed by atoms with E-state index in [1.54, 1.807) is 24.3 Å².